The molecular formula is C14H27N4O8P3. The normalized spacial score (nSPS) is 20.0. The molecule has 2 heterocycles. The van der Waals surface area contributed by atoms with Crippen molar-refractivity contribution in [3.8, 4) is 0 Å². The Kier molecular flexibility index (Phi) is 9.15. The predicted octanol–water partition coefficient (Wildman–Crippen LogP) is -0.304. The number of pyridine rings is 1. The Morgan fingerprint density at radius 1 is 0.862 bits per heavy atom. The van der Waals surface area contributed by atoms with Gasteiger partial charge in [0.25, 0.3) is 0 Å². The third-order valence-corrected chi connectivity index (χ3v) is 6.48. The maximum atomic E-state index is 11.5. The summed E-state index contributed by atoms with van der Waals surface area (Å²) in [7, 11) is -11.5. The smallest absolute Gasteiger partial charge is 0.339 e. The number of rotatable bonds is 6. The molecule has 0 fully saturated rings. The lowest BCUT2D eigenvalue weighted by Gasteiger charge is -2.30. The van der Waals surface area contributed by atoms with E-state index in [0.29, 0.717) is 11.4 Å². The molecule has 0 saturated carbocycles. The highest BCUT2D eigenvalue weighted by Crippen LogP contribution is 2.36. The van der Waals surface area contributed by atoms with E-state index < -0.39 is 35.8 Å². The lowest BCUT2D eigenvalue weighted by Crippen LogP contribution is -2.40. The van der Waals surface area contributed by atoms with Crippen LogP contribution in [0, 0.1) is 0 Å². The van der Waals surface area contributed by atoms with Crippen molar-refractivity contribution in [1.82, 2.24) is 19.7 Å². The summed E-state index contributed by atoms with van der Waals surface area (Å²) in [6, 6.07) is 5.15. The molecule has 0 saturated heterocycles. The third kappa shape index (κ3) is 10.4. The van der Waals surface area contributed by atoms with Crippen molar-refractivity contribution in [3.05, 3.63) is 29.6 Å². The lowest BCUT2D eigenvalue weighted by atomic mass is 10.2. The zero-order valence-electron chi connectivity index (χ0n) is 15.7. The average molecular weight is 472 g/mol. The first kappa shape index (κ1) is 24.8. The molecule has 0 spiro atoms. The van der Waals surface area contributed by atoms with Gasteiger partial charge in [0.05, 0.1) is 17.7 Å². The van der Waals surface area contributed by atoms with Crippen molar-refractivity contribution in [2.45, 2.75) is 13.1 Å². The molecule has 1 unspecified atom stereocenters. The zero-order valence-corrected chi connectivity index (χ0v) is 18.5. The van der Waals surface area contributed by atoms with Crippen LogP contribution in [0.3, 0.4) is 0 Å². The standard InChI is InChI=1S/C14H27N4O8P3/c19-27(20)10-16-4-6-17(11-28(21,22)23)8-13-2-1-3-14(15-13)9-18(7-5-16)12-29(24,25)26/h1-3,27H,4-12H2,(H,19,20)(H2,21,22,23)(H2,24,25,26). The van der Waals surface area contributed by atoms with Crippen molar-refractivity contribution in [2.24, 2.45) is 0 Å². The number of aromatic nitrogens is 1. The van der Waals surface area contributed by atoms with E-state index in [0.717, 1.165) is 0 Å². The fourth-order valence-corrected chi connectivity index (χ4v) is 5.33. The van der Waals surface area contributed by atoms with E-state index in [1.54, 1.807) is 32.9 Å². The van der Waals surface area contributed by atoms with Crippen molar-refractivity contribution >= 4 is 23.2 Å². The molecule has 0 radical (unpaired) electrons. The summed E-state index contributed by atoms with van der Waals surface area (Å²) in [5.74, 6) is 0. The molecule has 2 rings (SSSR count). The van der Waals surface area contributed by atoms with Crippen LogP contribution in [0.2, 0.25) is 0 Å². The van der Waals surface area contributed by atoms with Crippen LogP contribution in [-0.4, -0.2) is 89.2 Å². The topological polar surface area (TPSA) is 175 Å². The minimum absolute atomic E-state index is 0.109. The van der Waals surface area contributed by atoms with Crippen molar-refractivity contribution in [1.29, 1.82) is 0 Å². The summed E-state index contributed by atoms with van der Waals surface area (Å²) < 4.78 is 34.3. The number of hydrogen-bond acceptors (Lipinski definition) is 7. The van der Waals surface area contributed by atoms with Crippen molar-refractivity contribution in [3.63, 3.8) is 0 Å². The summed E-state index contributed by atoms with van der Waals surface area (Å²) in [6.07, 6.45) is -1.04. The van der Waals surface area contributed by atoms with Gasteiger partial charge in [-0.15, -0.1) is 0 Å². The van der Waals surface area contributed by atoms with Crippen LogP contribution in [-0.2, 0) is 26.8 Å². The maximum Gasteiger partial charge on any atom is 0.339 e. The van der Waals surface area contributed by atoms with E-state index in [4.69, 9.17) is 0 Å². The van der Waals surface area contributed by atoms with E-state index >= 15 is 0 Å². The fraction of sp³-hybridized carbons (Fsp3) is 0.643. The maximum absolute atomic E-state index is 11.5. The molecule has 2 bridgehead atoms. The summed E-state index contributed by atoms with van der Waals surface area (Å²) in [6.45, 7) is 1.31. The SMILES string of the molecule is O=[PH](O)CN1CCN(CP(=O)(O)O)Cc2cccc(n2)CN(CP(=O)(O)O)CC1. The van der Waals surface area contributed by atoms with Crippen LogP contribution in [0.25, 0.3) is 0 Å². The van der Waals surface area contributed by atoms with Crippen molar-refractivity contribution < 1.29 is 38.2 Å². The molecular weight excluding hydrogens is 445 g/mol. The molecule has 5 N–H and O–H groups in total. The van der Waals surface area contributed by atoms with Gasteiger partial charge in [-0.3, -0.25) is 33.4 Å². The van der Waals surface area contributed by atoms with Gasteiger partial charge in [-0.1, -0.05) is 6.07 Å². The number of hydrogen-bond donors (Lipinski definition) is 5. The van der Waals surface area contributed by atoms with Crippen LogP contribution in [0.4, 0.5) is 0 Å². The molecule has 29 heavy (non-hydrogen) atoms. The third-order valence-electron chi connectivity index (χ3n) is 4.23. The molecule has 1 aromatic heterocycles. The van der Waals surface area contributed by atoms with Gasteiger partial charge in [-0.2, -0.15) is 0 Å². The van der Waals surface area contributed by atoms with Crippen LogP contribution in [0.1, 0.15) is 11.4 Å². The second kappa shape index (κ2) is 10.7. The molecule has 1 aliphatic rings. The van der Waals surface area contributed by atoms with Crippen LogP contribution in [0.5, 0.6) is 0 Å². The first-order chi connectivity index (χ1) is 13.4. The Labute approximate surface area is 169 Å². The summed E-state index contributed by atoms with van der Waals surface area (Å²) in [4.78, 5) is 55.9. The number of nitrogens with zero attached hydrogens (tertiary/aromatic N) is 4. The van der Waals surface area contributed by atoms with Gasteiger partial charge < -0.3 is 24.5 Å². The quantitative estimate of drug-likeness (QED) is 0.342. The van der Waals surface area contributed by atoms with Gasteiger partial charge >= 0.3 is 15.2 Å². The zero-order chi connectivity index (χ0) is 21.7. The highest BCUT2D eigenvalue weighted by atomic mass is 31.2. The predicted molar refractivity (Wildman–Crippen MR) is 107 cm³/mol. The molecule has 166 valence electrons. The molecule has 15 heteroatoms. The molecule has 0 aliphatic carbocycles. The average Bonchev–Trinajstić information content (AvgIpc) is 2.53. The van der Waals surface area contributed by atoms with Gasteiger partial charge in [0.1, 0.15) is 12.6 Å². The second-order valence-electron chi connectivity index (χ2n) is 7.01. The fourth-order valence-electron chi connectivity index (χ4n) is 3.11. The largest absolute Gasteiger partial charge is 0.345 e. The van der Waals surface area contributed by atoms with Gasteiger partial charge in [0, 0.05) is 39.3 Å². The molecule has 0 amide bonds. The van der Waals surface area contributed by atoms with Crippen molar-refractivity contribution in [2.75, 3.05) is 45.0 Å². The Morgan fingerprint density at radius 3 is 1.66 bits per heavy atom. The van der Waals surface area contributed by atoms with Gasteiger partial charge in [-0.05, 0) is 12.1 Å². The highest BCUT2D eigenvalue weighted by Gasteiger charge is 2.24. The lowest BCUT2D eigenvalue weighted by molar-refractivity contribution is 0.186. The van der Waals surface area contributed by atoms with E-state index in [1.165, 1.54) is 0 Å². The van der Waals surface area contributed by atoms with E-state index in [-0.39, 0.29) is 45.6 Å². The van der Waals surface area contributed by atoms with Crippen LogP contribution >= 0.6 is 23.2 Å². The Hall–Kier alpha value is -0.480. The summed E-state index contributed by atoms with van der Waals surface area (Å²) in [5.41, 5.74) is 1.13. The first-order valence-electron chi connectivity index (χ1n) is 8.82. The molecule has 0 aromatic carbocycles. The van der Waals surface area contributed by atoms with E-state index in [2.05, 4.69) is 4.98 Å². The van der Waals surface area contributed by atoms with Gasteiger partial charge in [0.2, 0.25) is 8.03 Å². The minimum Gasteiger partial charge on any atom is -0.345 e. The Balaban J connectivity index is 2.29. The van der Waals surface area contributed by atoms with E-state index in [1.807, 2.05) is 0 Å². The van der Waals surface area contributed by atoms with E-state index in [9.17, 15) is 38.2 Å². The highest BCUT2D eigenvalue weighted by molar-refractivity contribution is 7.51. The first-order valence-corrected chi connectivity index (χ1v) is 14.0. The Morgan fingerprint density at radius 2 is 1.28 bits per heavy atom. The molecule has 12 nitrogen and oxygen atoms in total. The monoisotopic (exact) mass is 472 g/mol. The molecule has 1 atom stereocenters. The van der Waals surface area contributed by atoms with Crippen LogP contribution < -0.4 is 0 Å². The van der Waals surface area contributed by atoms with Gasteiger partial charge in [-0.25, -0.2) is 0 Å². The summed E-state index contributed by atoms with van der Waals surface area (Å²) >= 11 is 0. The minimum atomic E-state index is -4.31. The molecule has 1 aromatic rings. The second-order valence-corrected chi connectivity index (χ2v) is 11.3. The molecule has 1 aliphatic heterocycles. The van der Waals surface area contributed by atoms with Crippen LogP contribution in [0.15, 0.2) is 18.2 Å². The van der Waals surface area contributed by atoms with Gasteiger partial charge in [0.15, 0.2) is 0 Å². The number of fused-ring (bicyclic) bond motifs is 2. The Bertz CT molecular complexity index is 748. The summed E-state index contributed by atoms with van der Waals surface area (Å²) in [5, 5.41) is 0.